The molecule has 1 aromatic carbocycles. The van der Waals surface area contributed by atoms with E-state index in [0.717, 1.165) is 25.8 Å². The maximum absolute atomic E-state index is 13.0. The summed E-state index contributed by atoms with van der Waals surface area (Å²) in [4.78, 5) is 31.1. The molecule has 0 bridgehead atoms. The molecule has 8 heteroatoms. The second kappa shape index (κ2) is 11.0. The number of amides is 2. The highest BCUT2D eigenvalue weighted by atomic mass is 35.5. The normalized spacial score (nSPS) is 16.9. The van der Waals surface area contributed by atoms with Crippen LogP contribution in [-0.2, 0) is 0 Å². The average Bonchev–Trinajstić information content (AvgIpc) is 2.68. The van der Waals surface area contributed by atoms with Crippen molar-refractivity contribution in [1.82, 2.24) is 9.88 Å². The van der Waals surface area contributed by atoms with E-state index >= 15 is 0 Å². The number of benzene rings is 1. The number of likely N-dealkylation sites (tertiary alicyclic amines) is 1. The van der Waals surface area contributed by atoms with Gasteiger partial charge in [-0.15, -0.1) is 24.8 Å². The van der Waals surface area contributed by atoms with Crippen molar-refractivity contribution >= 4 is 42.3 Å². The van der Waals surface area contributed by atoms with Crippen molar-refractivity contribution in [3.05, 3.63) is 59.9 Å². The lowest BCUT2D eigenvalue weighted by Gasteiger charge is -2.38. The van der Waals surface area contributed by atoms with Gasteiger partial charge >= 0.3 is 0 Å². The van der Waals surface area contributed by atoms with Gasteiger partial charge in [-0.1, -0.05) is 6.07 Å². The third kappa shape index (κ3) is 5.67. The first kappa shape index (κ1) is 23.9. The molecule has 2 unspecified atom stereocenters. The maximum atomic E-state index is 13.0. The summed E-state index contributed by atoms with van der Waals surface area (Å²) in [6.07, 6.45) is 6.14. The van der Waals surface area contributed by atoms with Crippen molar-refractivity contribution in [2.45, 2.75) is 38.3 Å². The van der Waals surface area contributed by atoms with Gasteiger partial charge in [0.1, 0.15) is 0 Å². The summed E-state index contributed by atoms with van der Waals surface area (Å²) in [7, 11) is 0. The van der Waals surface area contributed by atoms with Crippen LogP contribution in [0.3, 0.4) is 0 Å². The van der Waals surface area contributed by atoms with Crippen LogP contribution in [0.2, 0.25) is 0 Å². The molecule has 0 aliphatic carbocycles. The number of hydrogen-bond donors (Lipinski definition) is 2. The van der Waals surface area contributed by atoms with Crippen molar-refractivity contribution in [2.75, 3.05) is 11.9 Å². The Balaban J connectivity index is 0.00000196. The first-order valence-corrected chi connectivity index (χ1v) is 8.94. The van der Waals surface area contributed by atoms with E-state index in [1.807, 2.05) is 11.8 Å². The molecule has 3 rings (SSSR count). The standard InChI is InChI=1S/C20H24N4O2.2ClH/c1-14(21)18-9-2-3-11-24(18)20(26)15-6-4-8-17(12-15)23-19(25)16-7-5-10-22-13-16;;/h4-8,10,12-14,18H,2-3,9,11,21H2,1H3,(H,23,25);2*1H. The minimum absolute atomic E-state index is 0. The Kier molecular flexibility index (Phi) is 9.38. The van der Waals surface area contributed by atoms with Gasteiger partial charge in [-0.25, -0.2) is 0 Å². The van der Waals surface area contributed by atoms with E-state index in [1.165, 1.54) is 6.20 Å². The van der Waals surface area contributed by atoms with E-state index in [-0.39, 0.29) is 48.7 Å². The second-order valence-corrected chi connectivity index (χ2v) is 6.70. The van der Waals surface area contributed by atoms with Crippen LogP contribution in [0.15, 0.2) is 48.8 Å². The van der Waals surface area contributed by atoms with Gasteiger partial charge in [0.2, 0.25) is 0 Å². The van der Waals surface area contributed by atoms with Crippen LogP contribution in [0.5, 0.6) is 0 Å². The maximum Gasteiger partial charge on any atom is 0.257 e. The van der Waals surface area contributed by atoms with Crippen molar-refractivity contribution in [3.8, 4) is 0 Å². The molecule has 1 fully saturated rings. The molecule has 28 heavy (non-hydrogen) atoms. The summed E-state index contributed by atoms with van der Waals surface area (Å²) >= 11 is 0. The fourth-order valence-electron chi connectivity index (χ4n) is 3.35. The van der Waals surface area contributed by atoms with E-state index in [1.54, 1.807) is 42.6 Å². The molecule has 2 aromatic rings. The van der Waals surface area contributed by atoms with Gasteiger partial charge in [0.15, 0.2) is 0 Å². The number of aromatic nitrogens is 1. The molecule has 1 aromatic heterocycles. The average molecular weight is 425 g/mol. The van der Waals surface area contributed by atoms with Crippen LogP contribution in [0, 0.1) is 0 Å². The zero-order valence-corrected chi connectivity index (χ0v) is 17.3. The summed E-state index contributed by atoms with van der Waals surface area (Å²) < 4.78 is 0. The zero-order chi connectivity index (χ0) is 18.5. The van der Waals surface area contributed by atoms with Gasteiger partial charge in [0.25, 0.3) is 11.8 Å². The fourth-order valence-corrected chi connectivity index (χ4v) is 3.35. The van der Waals surface area contributed by atoms with Gasteiger partial charge < -0.3 is 16.0 Å². The zero-order valence-electron chi connectivity index (χ0n) is 15.7. The Labute approximate surface area is 177 Å². The molecule has 0 saturated carbocycles. The molecule has 3 N–H and O–H groups in total. The predicted molar refractivity (Wildman–Crippen MR) is 115 cm³/mol. The number of halogens is 2. The number of carbonyl (C=O) groups excluding carboxylic acids is 2. The summed E-state index contributed by atoms with van der Waals surface area (Å²) in [5.41, 5.74) is 7.69. The predicted octanol–water partition coefficient (Wildman–Crippen LogP) is 3.52. The Morgan fingerprint density at radius 2 is 1.93 bits per heavy atom. The molecule has 6 nitrogen and oxygen atoms in total. The number of carbonyl (C=O) groups is 2. The van der Waals surface area contributed by atoms with Gasteiger partial charge in [-0.2, -0.15) is 0 Å². The molecule has 2 heterocycles. The first-order valence-electron chi connectivity index (χ1n) is 8.94. The van der Waals surface area contributed by atoms with E-state index in [0.29, 0.717) is 16.8 Å². The third-order valence-corrected chi connectivity index (χ3v) is 4.71. The van der Waals surface area contributed by atoms with Crippen molar-refractivity contribution in [3.63, 3.8) is 0 Å². The number of piperidine rings is 1. The quantitative estimate of drug-likeness (QED) is 0.785. The molecular formula is C20H26Cl2N4O2. The van der Waals surface area contributed by atoms with Crippen molar-refractivity contribution in [1.29, 1.82) is 0 Å². The largest absolute Gasteiger partial charge is 0.334 e. The molecule has 0 spiro atoms. The summed E-state index contributed by atoms with van der Waals surface area (Å²) in [6.45, 7) is 2.66. The van der Waals surface area contributed by atoms with Crippen LogP contribution in [-0.4, -0.2) is 40.3 Å². The molecule has 1 aliphatic heterocycles. The number of rotatable bonds is 4. The van der Waals surface area contributed by atoms with Gasteiger partial charge in [-0.3, -0.25) is 14.6 Å². The Morgan fingerprint density at radius 1 is 1.18 bits per heavy atom. The van der Waals surface area contributed by atoms with Crippen LogP contribution in [0.1, 0.15) is 46.9 Å². The monoisotopic (exact) mass is 424 g/mol. The molecule has 0 radical (unpaired) electrons. The Bertz CT molecular complexity index is 787. The molecule has 2 atom stereocenters. The smallest absolute Gasteiger partial charge is 0.257 e. The lowest BCUT2D eigenvalue weighted by Crippen LogP contribution is -2.51. The first-order chi connectivity index (χ1) is 12.6. The minimum atomic E-state index is -0.255. The molecule has 1 aliphatic rings. The van der Waals surface area contributed by atoms with Crippen molar-refractivity contribution in [2.24, 2.45) is 5.73 Å². The van der Waals surface area contributed by atoms with Gasteiger partial charge in [-0.05, 0) is 56.5 Å². The lowest BCUT2D eigenvalue weighted by molar-refractivity contribution is 0.0583. The summed E-state index contributed by atoms with van der Waals surface area (Å²) in [5, 5.41) is 2.82. The number of pyridine rings is 1. The Hall–Kier alpha value is -2.15. The van der Waals surface area contributed by atoms with Gasteiger partial charge in [0, 0.05) is 42.3 Å². The number of hydrogen-bond acceptors (Lipinski definition) is 4. The van der Waals surface area contributed by atoms with E-state index in [9.17, 15) is 9.59 Å². The highest BCUT2D eigenvalue weighted by molar-refractivity contribution is 6.05. The SMILES string of the molecule is CC(N)C1CCCCN1C(=O)c1cccc(NC(=O)c2cccnc2)c1.Cl.Cl. The fraction of sp³-hybridized carbons (Fsp3) is 0.350. The van der Waals surface area contributed by atoms with Crippen LogP contribution >= 0.6 is 24.8 Å². The van der Waals surface area contributed by atoms with E-state index in [4.69, 9.17) is 5.73 Å². The van der Waals surface area contributed by atoms with E-state index in [2.05, 4.69) is 10.3 Å². The van der Waals surface area contributed by atoms with Crippen molar-refractivity contribution < 1.29 is 9.59 Å². The molecular weight excluding hydrogens is 399 g/mol. The highest BCUT2D eigenvalue weighted by Gasteiger charge is 2.29. The lowest BCUT2D eigenvalue weighted by atomic mass is 9.96. The second-order valence-electron chi connectivity index (χ2n) is 6.70. The molecule has 1 saturated heterocycles. The number of anilines is 1. The Morgan fingerprint density at radius 3 is 2.61 bits per heavy atom. The number of nitrogens with two attached hydrogens (primary N) is 1. The number of nitrogens with one attached hydrogen (secondary N) is 1. The minimum Gasteiger partial charge on any atom is -0.334 e. The topological polar surface area (TPSA) is 88.3 Å². The van der Waals surface area contributed by atoms with Crippen LogP contribution in [0.4, 0.5) is 5.69 Å². The molecule has 152 valence electrons. The molecule has 2 amide bonds. The summed E-state index contributed by atoms with van der Waals surface area (Å²) in [6, 6.07) is 10.4. The van der Waals surface area contributed by atoms with Crippen LogP contribution in [0.25, 0.3) is 0 Å². The van der Waals surface area contributed by atoms with E-state index < -0.39 is 0 Å². The summed E-state index contributed by atoms with van der Waals surface area (Å²) in [5.74, 6) is -0.293. The van der Waals surface area contributed by atoms with Gasteiger partial charge in [0.05, 0.1) is 5.56 Å². The highest BCUT2D eigenvalue weighted by Crippen LogP contribution is 2.22. The number of nitrogens with zero attached hydrogens (tertiary/aromatic N) is 2. The van der Waals surface area contributed by atoms with Crippen LogP contribution < -0.4 is 11.1 Å². The third-order valence-electron chi connectivity index (χ3n) is 4.71.